The van der Waals surface area contributed by atoms with Gasteiger partial charge in [0.05, 0.1) is 12.1 Å². The molecule has 0 aromatic heterocycles. The van der Waals surface area contributed by atoms with Crippen molar-refractivity contribution in [1.82, 2.24) is 5.32 Å². The fourth-order valence-corrected chi connectivity index (χ4v) is 3.61. The summed E-state index contributed by atoms with van der Waals surface area (Å²) in [6.07, 6.45) is 7.07. The smallest absolute Gasteiger partial charge is 0.223 e. The van der Waals surface area contributed by atoms with Crippen LogP contribution < -0.4 is 11.1 Å². The molecule has 0 spiro atoms. The molecule has 4 nitrogen and oxygen atoms in total. The summed E-state index contributed by atoms with van der Waals surface area (Å²) >= 11 is 0. The summed E-state index contributed by atoms with van der Waals surface area (Å²) in [6.45, 7) is 1.45. The zero-order valence-corrected chi connectivity index (χ0v) is 10.9. The number of amides is 1. The Bertz CT molecular complexity index is 317. The number of ether oxygens (including phenoxy) is 1. The second-order valence-electron chi connectivity index (χ2n) is 6.11. The molecule has 0 aromatic rings. The second kappa shape index (κ2) is 5.17. The van der Waals surface area contributed by atoms with Crippen molar-refractivity contribution in [3.8, 4) is 0 Å². The van der Waals surface area contributed by atoms with Gasteiger partial charge in [0.1, 0.15) is 0 Å². The van der Waals surface area contributed by atoms with Crippen LogP contribution in [0.3, 0.4) is 0 Å². The Morgan fingerprint density at radius 3 is 2.78 bits per heavy atom. The lowest BCUT2D eigenvalue weighted by molar-refractivity contribution is -0.127. The average Bonchev–Trinajstić information content (AvgIpc) is 2.93. The van der Waals surface area contributed by atoms with Crippen molar-refractivity contribution in [2.45, 2.75) is 50.7 Å². The van der Waals surface area contributed by atoms with Crippen molar-refractivity contribution in [3.05, 3.63) is 0 Å². The van der Waals surface area contributed by atoms with Gasteiger partial charge in [0.2, 0.25) is 5.91 Å². The quantitative estimate of drug-likeness (QED) is 0.786. The van der Waals surface area contributed by atoms with E-state index in [2.05, 4.69) is 5.32 Å². The summed E-state index contributed by atoms with van der Waals surface area (Å²) in [7, 11) is 0. The lowest BCUT2D eigenvalue weighted by atomic mass is 9.94. The monoisotopic (exact) mass is 252 g/mol. The van der Waals surface area contributed by atoms with E-state index in [9.17, 15) is 4.79 Å². The van der Waals surface area contributed by atoms with E-state index in [0.29, 0.717) is 18.4 Å². The third kappa shape index (κ3) is 2.41. The highest BCUT2D eigenvalue weighted by molar-refractivity contribution is 5.79. The van der Waals surface area contributed by atoms with E-state index < -0.39 is 0 Å². The van der Waals surface area contributed by atoms with Crippen LogP contribution in [0.4, 0.5) is 0 Å². The van der Waals surface area contributed by atoms with Crippen molar-refractivity contribution in [3.63, 3.8) is 0 Å². The van der Waals surface area contributed by atoms with Gasteiger partial charge in [0, 0.05) is 12.5 Å². The summed E-state index contributed by atoms with van der Waals surface area (Å²) in [5.74, 6) is 1.47. The SMILES string of the molecule is NCC1CCCC1C(=O)NC1CCOC1C1CC1. The zero-order valence-electron chi connectivity index (χ0n) is 10.9. The van der Waals surface area contributed by atoms with Crippen LogP contribution in [-0.2, 0) is 9.53 Å². The Morgan fingerprint density at radius 1 is 1.22 bits per heavy atom. The van der Waals surface area contributed by atoms with Crippen LogP contribution >= 0.6 is 0 Å². The standard InChI is InChI=1S/C14H24N2O2/c15-8-10-2-1-3-11(10)14(17)16-12-6-7-18-13(12)9-4-5-9/h9-13H,1-8,15H2,(H,16,17). The van der Waals surface area contributed by atoms with Gasteiger partial charge < -0.3 is 15.8 Å². The van der Waals surface area contributed by atoms with E-state index in [-0.39, 0.29) is 24.0 Å². The molecule has 2 aliphatic carbocycles. The lowest BCUT2D eigenvalue weighted by Crippen LogP contribution is -2.45. The van der Waals surface area contributed by atoms with Gasteiger partial charge in [-0.05, 0) is 50.5 Å². The molecular formula is C14H24N2O2. The van der Waals surface area contributed by atoms with Gasteiger partial charge in [-0.25, -0.2) is 0 Å². The largest absolute Gasteiger partial charge is 0.376 e. The third-order valence-corrected chi connectivity index (χ3v) is 4.85. The summed E-state index contributed by atoms with van der Waals surface area (Å²) in [4.78, 5) is 12.3. The number of hydrogen-bond donors (Lipinski definition) is 2. The predicted molar refractivity (Wildman–Crippen MR) is 68.9 cm³/mol. The molecule has 3 rings (SSSR count). The zero-order chi connectivity index (χ0) is 12.5. The first kappa shape index (κ1) is 12.4. The molecule has 3 fully saturated rings. The molecule has 18 heavy (non-hydrogen) atoms. The van der Waals surface area contributed by atoms with Gasteiger partial charge in [0.25, 0.3) is 0 Å². The molecule has 0 bridgehead atoms. The Morgan fingerprint density at radius 2 is 2.06 bits per heavy atom. The molecule has 102 valence electrons. The van der Waals surface area contributed by atoms with Gasteiger partial charge in [-0.2, -0.15) is 0 Å². The summed E-state index contributed by atoms with van der Waals surface area (Å²) in [6, 6.07) is 0.254. The van der Waals surface area contributed by atoms with Crippen LogP contribution in [0.2, 0.25) is 0 Å². The molecule has 0 aromatic carbocycles. The minimum absolute atomic E-state index is 0.149. The molecule has 1 amide bonds. The fraction of sp³-hybridized carbons (Fsp3) is 0.929. The number of carbonyl (C=O) groups is 1. The molecular weight excluding hydrogens is 228 g/mol. The van der Waals surface area contributed by atoms with Crippen molar-refractivity contribution in [2.24, 2.45) is 23.5 Å². The maximum atomic E-state index is 12.3. The predicted octanol–water partition coefficient (Wildman–Crippen LogP) is 1.05. The van der Waals surface area contributed by atoms with E-state index >= 15 is 0 Å². The van der Waals surface area contributed by atoms with E-state index in [0.717, 1.165) is 32.3 Å². The van der Waals surface area contributed by atoms with Crippen LogP contribution in [0.5, 0.6) is 0 Å². The van der Waals surface area contributed by atoms with Crippen LogP contribution in [-0.4, -0.2) is 31.2 Å². The fourth-order valence-electron chi connectivity index (χ4n) is 3.61. The van der Waals surface area contributed by atoms with Crippen LogP contribution in [0.25, 0.3) is 0 Å². The first-order chi connectivity index (χ1) is 8.79. The lowest BCUT2D eigenvalue weighted by Gasteiger charge is -2.23. The first-order valence-corrected chi connectivity index (χ1v) is 7.41. The molecule has 4 heteroatoms. The Hall–Kier alpha value is -0.610. The van der Waals surface area contributed by atoms with Gasteiger partial charge in [-0.15, -0.1) is 0 Å². The Kier molecular flexibility index (Phi) is 3.57. The summed E-state index contributed by atoms with van der Waals surface area (Å²) in [5, 5.41) is 3.24. The summed E-state index contributed by atoms with van der Waals surface area (Å²) < 4.78 is 5.77. The van der Waals surface area contributed by atoms with Crippen LogP contribution in [0, 0.1) is 17.8 Å². The van der Waals surface area contributed by atoms with Gasteiger partial charge in [0.15, 0.2) is 0 Å². The molecule has 1 aliphatic heterocycles. The maximum absolute atomic E-state index is 12.3. The van der Waals surface area contributed by atoms with Crippen LogP contribution in [0.15, 0.2) is 0 Å². The second-order valence-corrected chi connectivity index (χ2v) is 6.11. The molecule has 3 aliphatic rings. The van der Waals surface area contributed by atoms with Gasteiger partial charge >= 0.3 is 0 Å². The van der Waals surface area contributed by atoms with E-state index in [1.165, 1.54) is 12.8 Å². The Labute approximate surface area is 109 Å². The van der Waals surface area contributed by atoms with Crippen molar-refractivity contribution in [1.29, 1.82) is 0 Å². The molecule has 1 heterocycles. The molecule has 3 N–H and O–H groups in total. The topological polar surface area (TPSA) is 64.4 Å². The summed E-state index contributed by atoms with van der Waals surface area (Å²) in [5.41, 5.74) is 5.75. The average molecular weight is 252 g/mol. The van der Waals surface area contributed by atoms with Crippen molar-refractivity contribution >= 4 is 5.91 Å². The first-order valence-electron chi connectivity index (χ1n) is 7.41. The van der Waals surface area contributed by atoms with Gasteiger partial charge in [-0.3, -0.25) is 4.79 Å². The highest BCUT2D eigenvalue weighted by atomic mass is 16.5. The molecule has 4 atom stereocenters. The molecule has 0 radical (unpaired) electrons. The Balaban J connectivity index is 1.56. The number of rotatable bonds is 4. The number of hydrogen-bond acceptors (Lipinski definition) is 3. The van der Waals surface area contributed by atoms with E-state index in [1.54, 1.807) is 0 Å². The third-order valence-electron chi connectivity index (χ3n) is 4.85. The highest BCUT2D eigenvalue weighted by Crippen LogP contribution is 2.39. The number of nitrogens with one attached hydrogen (secondary N) is 1. The van der Waals surface area contributed by atoms with Crippen molar-refractivity contribution in [2.75, 3.05) is 13.2 Å². The maximum Gasteiger partial charge on any atom is 0.223 e. The minimum Gasteiger partial charge on any atom is -0.376 e. The number of carbonyl (C=O) groups excluding carboxylic acids is 1. The molecule has 1 saturated heterocycles. The van der Waals surface area contributed by atoms with E-state index in [4.69, 9.17) is 10.5 Å². The number of nitrogens with two attached hydrogens (primary N) is 1. The normalized spacial score (nSPS) is 40.1. The minimum atomic E-state index is 0.149. The van der Waals surface area contributed by atoms with Crippen LogP contribution in [0.1, 0.15) is 38.5 Å². The van der Waals surface area contributed by atoms with Gasteiger partial charge in [-0.1, -0.05) is 6.42 Å². The molecule has 2 saturated carbocycles. The highest BCUT2D eigenvalue weighted by Gasteiger charge is 2.42. The molecule has 4 unspecified atom stereocenters. The van der Waals surface area contributed by atoms with Crippen molar-refractivity contribution < 1.29 is 9.53 Å². The van der Waals surface area contributed by atoms with E-state index in [1.807, 2.05) is 0 Å².